The maximum atomic E-state index is 12.3. The number of H-pyrrole nitrogens is 1. The van der Waals surface area contributed by atoms with Crippen molar-refractivity contribution in [3.8, 4) is 5.75 Å². The molecule has 27 heavy (non-hydrogen) atoms. The fourth-order valence-electron chi connectivity index (χ4n) is 3.86. The van der Waals surface area contributed by atoms with Crippen molar-refractivity contribution in [1.29, 1.82) is 0 Å². The quantitative estimate of drug-likeness (QED) is 0.696. The molecule has 0 saturated heterocycles. The van der Waals surface area contributed by atoms with Gasteiger partial charge in [-0.1, -0.05) is 19.3 Å². The zero-order chi connectivity index (χ0) is 19.3. The highest BCUT2D eigenvalue weighted by Crippen LogP contribution is 2.35. The van der Waals surface area contributed by atoms with E-state index < -0.39 is 0 Å². The van der Waals surface area contributed by atoms with Gasteiger partial charge in [-0.3, -0.25) is 9.59 Å². The van der Waals surface area contributed by atoms with E-state index in [0.717, 1.165) is 42.3 Å². The lowest BCUT2D eigenvalue weighted by atomic mass is 9.74. The Morgan fingerprint density at radius 1 is 1.26 bits per heavy atom. The van der Waals surface area contributed by atoms with Crippen LogP contribution in [0.3, 0.4) is 0 Å². The van der Waals surface area contributed by atoms with E-state index in [2.05, 4.69) is 10.3 Å². The van der Waals surface area contributed by atoms with Crippen molar-refractivity contribution in [2.24, 2.45) is 5.41 Å². The third-order valence-electron chi connectivity index (χ3n) is 5.66. The maximum Gasteiger partial charge on any atom is 0.251 e. The van der Waals surface area contributed by atoms with Crippen molar-refractivity contribution < 1.29 is 14.6 Å². The number of aromatic nitrogens is 1. The van der Waals surface area contributed by atoms with E-state index in [-0.39, 0.29) is 29.9 Å². The average molecular weight is 372 g/mol. The second kappa shape index (κ2) is 8.57. The summed E-state index contributed by atoms with van der Waals surface area (Å²) in [5.41, 5.74) is 0.987. The predicted molar refractivity (Wildman–Crippen MR) is 105 cm³/mol. The summed E-state index contributed by atoms with van der Waals surface area (Å²) in [5, 5.41) is 13.6. The van der Waals surface area contributed by atoms with Crippen LogP contribution in [0.4, 0.5) is 0 Å². The van der Waals surface area contributed by atoms with Crippen molar-refractivity contribution in [3.63, 3.8) is 0 Å². The number of aliphatic hydroxyl groups excluding tert-OH is 1. The summed E-state index contributed by atoms with van der Waals surface area (Å²) in [6.45, 7) is 0.618. The average Bonchev–Trinajstić information content (AvgIpc) is 2.71. The Morgan fingerprint density at radius 2 is 2.04 bits per heavy atom. The number of pyridine rings is 1. The minimum Gasteiger partial charge on any atom is -0.497 e. The first-order valence-electron chi connectivity index (χ1n) is 9.63. The van der Waals surface area contributed by atoms with Crippen LogP contribution in [0, 0.1) is 5.41 Å². The van der Waals surface area contributed by atoms with E-state index in [1.165, 1.54) is 6.42 Å². The van der Waals surface area contributed by atoms with E-state index in [0.29, 0.717) is 18.5 Å². The Labute approximate surface area is 158 Å². The van der Waals surface area contributed by atoms with Gasteiger partial charge < -0.3 is 20.1 Å². The summed E-state index contributed by atoms with van der Waals surface area (Å²) in [6, 6.07) is 7.29. The van der Waals surface area contributed by atoms with Crippen molar-refractivity contribution in [3.05, 3.63) is 40.2 Å². The number of fused-ring (bicyclic) bond motifs is 1. The Balaban J connectivity index is 1.61. The number of methoxy groups -OCH3 is 1. The molecule has 1 amide bonds. The van der Waals surface area contributed by atoms with Crippen LogP contribution < -0.4 is 15.6 Å². The Morgan fingerprint density at radius 3 is 2.74 bits per heavy atom. The first-order chi connectivity index (χ1) is 13.0. The molecular weight excluding hydrogens is 344 g/mol. The van der Waals surface area contributed by atoms with Crippen LogP contribution in [0.5, 0.6) is 5.75 Å². The smallest absolute Gasteiger partial charge is 0.251 e. The molecular formula is C21H28N2O4. The van der Waals surface area contributed by atoms with Gasteiger partial charge in [0, 0.05) is 34.8 Å². The summed E-state index contributed by atoms with van der Waals surface area (Å²) >= 11 is 0. The molecule has 6 heteroatoms. The third kappa shape index (κ3) is 4.69. The van der Waals surface area contributed by atoms with E-state index >= 15 is 0 Å². The standard InChI is InChI=1S/C21H28N2O4/c1-27-17-6-7-18-16(12-17)11-15(20(26)23-18)5-8-19(25)22-13-21(14-24)9-3-2-4-10-21/h6-7,11-12,24H,2-5,8-10,13-14H2,1H3,(H,22,25)(H,23,26). The highest BCUT2D eigenvalue weighted by Gasteiger charge is 2.31. The zero-order valence-corrected chi connectivity index (χ0v) is 15.8. The third-order valence-corrected chi connectivity index (χ3v) is 5.66. The molecule has 1 aliphatic carbocycles. The summed E-state index contributed by atoms with van der Waals surface area (Å²) in [4.78, 5) is 27.4. The lowest BCUT2D eigenvalue weighted by Crippen LogP contribution is -2.41. The first kappa shape index (κ1) is 19.4. The predicted octanol–water partition coefficient (Wildman–Crippen LogP) is 2.53. The molecule has 3 rings (SSSR count). The normalized spacial score (nSPS) is 16.2. The van der Waals surface area contributed by atoms with Crippen molar-refractivity contribution in [1.82, 2.24) is 10.3 Å². The number of aryl methyl sites for hydroxylation is 1. The number of carbonyl (C=O) groups excluding carboxylic acids is 1. The molecule has 6 nitrogen and oxygen atoms in total. The Kier molecular flexibility index (Phi) is 6.16. The van der Waals surface area contributed by atoms with Gasteiger partial charge in [-0.05, 0) is 43.5 Å². The number of aliphatic hydroxyl groups is 1. The number of ether oxygens (including phenoxy) is 1. The van der Waals surface area contributed by atoms with Gasteiger partial charge in [0.05, 0.1) is 13.7 Å². The minimum atomic E-state index is -0.176. The molecule has 0 bridgehead atoms. The number of aromatic amines is 1. The zero-order valence-electron chi connectivity index (χ0n) is 15.8. The van der Waals surface area contributed by atoms with Crippen molar-refractivity contribution in [2.75, 3.05) is 20.3 Å². The number of amides is 1. The number of carbonyl (C=O) groups is 1. The summed E-state index contributed by atoms with van der Waals surface area (Å²) in [7, 11) is 1.60. The van der Waals surface area contributed by atoms with Crippen molar-refractivity contribution in [2.45, 2.75) is 44.9 Å². The molecule has 1 aromatic carbocycles. The maximum absolute atomic E-state index is 12.3. The molecule has 3 N–H and O–H groups in total. The van der Waals surface area contributed by atoms with Crippen LogP contribution in [-0.4, -0.2) is 36.3 Å². The molecule has 2 aromatic rings. The highest BCUT2D eigenvalue weighted by atomic mass is 16.5. The van der Waals surface area contributed by atoms with Crippen LogP contribution >= 0.6 is 0 Å². The molecule has 1 fully saturated rings. The van der Waals surface area contributed by atoms with Gasteiger partial charge in [0.25, 0.3) is 5.56 Å². The largest absolute Gasteiger partial charge is 0.497 e. The fraction of sp³-hybridized carbons (Fsp3) is 0.524. The highest BCUT2D eigenvalue weighted by molar-refractivity contribution is 5.81. The molecule has 146 valence electrons. The van der Waals surface area contributed by atoms with Gasteiger partial charge in [-0.2, -0.15) is 0 Å². The van der Waals surface area contributed by atoms with Gasteiger partial charge >= 0.3 is 0 Å². The number of nitrogens with one attached hydrogen (secondary N) is 2. The summed E-state index contributed by atoms with van der Waals surface area (Å²) in [6.07, 6.45) is 5.94. The Bertz CT molecular complexity index is 853. The molecule has 0 aliphatic heterocycles. The van der Waals surface area contributed by atoms with E-state index in [1.54, 1.807) is 13.2 Å². The van der Waals surface area contributed by atoms with Crippen LogP contribution in [0.25, 0.3) is 10.9 Å². The number of hydrogen-bond donors (Lipinski definition) is 3. The Hall–Kier alpha value is -2.34. The number of hydrogen-bond acceptors (Lipinski definition) is 4. The minimum absolute atomic E-state index is 0.0847. The second-order valence-corrected chi connectivity index (χ2v) is 7.57. The molecule has 1 aliphatic rings. The molecule has 0 atom stereocenters. The monoisotopic (exact) mass is 372 g/mol. The van der Waals surface area contributed by atoms with Crippen LogP contribution in [-0.2, 0) is 11.2 Å². The van der Waals surface area contributed by atoms with E-state index in [1.807, 2.05) is 18.2 Å². The first-order valence-corrected chi connectivity index (χ1v) is 9.63. The molecule has 0 spiro atoms. The lowest BCUT2D eigenvalue weighted by molar-refractivity contribution is -0.121. The fourth-order valence-corrected chi connectivity index (χ4v) is 3.86. The molecule has 1 heterocycles. The lowest BCUT2D eigenvalue weighted by Gasteiger charge is -2.35. The molecule has 0 unspecified atom stereocenters. The second-order valence-electron chi connectivity index (χ2n) is 7.57. The van der Waals surface area contributed by atoms with Crippen LogP contribution in [0.15, 0.2) is 29.1 Å². The summed E-state index contributed by atoms with van der Waals surface area (Å²) < 4.78 is 5.22. The van der Waals surface area contributed by atoms with Crippen LogP contribution in [0.2, 0.25) is 0 Å². The topological polar surface area (TPSA) is 91.4 Å². The molecule has 1 saturated carbocycles. The molecule has 0 radical (unpaired) electrons. The van der Waals surface area contributed by atoms with Gasteiger partial charge in [-0.25, -0.2) is 0 Å². The SMILES string of the molecule is COc1ccc2[nH]c(=O)c(CCC(=O)NCC3(CO)CCCCC3)cc2c1. The van der Waals surface area contributed by atoms with Gasteiger partial charge in [0.1, 0.15) is 5.75 Å². The van der Waals surface area contributed by atoms with Crippen molar-refractivity contribution >= 4 is 16.8 Å². The van der Waals surface area contributed by atoms with E-state index in [9.17, 15) is 14.7 Å². The van der Waals surface area contributed by atoms with Gasteiger partial charge in [0.2, 0.25) is 5.91 Å². The van der Waals surface area contributed by atoms with Gasteiger partial charge in [-0.15, -0.1) is 0 Å². The molecule has 1 aromatic heterocycles. The summed E-state index contributed by atoms with van der Waals surface area (Å²) in [5.74, 6) is 0.638. The van der Waals surface area contributed by atoms with E-state index in [4.69, 9.17) is 4.74 Å². The number of benzene rings is 1. The van der Waals surface area contributed by atoms with Crippen LogP contribution in [0.1, 0.15) is 44.1 Å². The number of rotatable bonds is 7. The van der Waals surface area contributed by atoms with Gasteiger partial charge in [0.15, 0.2) is 0 Å².